The van der Waals surface area contributed by atoms with Crippen molar-refractivity contribution in [1.82, 2.24) is 0 Å². The van der Waals surface area contributed by atoms with Crippen molar-refractivity contribution in [1.29, 1.82) is 0 Å². The van der Waals surface area contributed by atoms with Crippen LogP contribution in [0.3, 0.4) is 0 Å². The van der Waals surface area contributed by atoms with E-state index in [-0.39, 0.29) is 17.4 Å². The fraction of sp³-hybridized carbons (Fsp3) is 0.324. The summed E-state index contributed by atoms with van der Waals surface area (Å²) in [5.41, 5.74) is 11.1. The van der Waals surface area contributed by atoms with Gasteiger partial charge in [0, 0.05) is 23.5 Å². The predicted molar refractivity (Wildman–Crippen MR) is 164 cm³/mol. The van der Waals surface area contributed by atoms with Crippen LogP contribution in [0, 0.1) is 0 Å². The van der Waals surface area contributed by atoms with Gasteiger partial charge in [-0.15, -0.1) is 0 Å². The van der Waals surface area contributed by atoms with Gasteiger partial charge in [-0.2, -0.15) is 0 Å². The quantitative estimate of drug-likeness (QED) is 0.213. The Morgan fingerprint density at radius 1 is 0.800 bits per heavy atom. The molecule has 2 aliphatic rings. The van der Waals surface area contributed by atoms with Gasteiger partial charge in [-0.25, -0.2) is 0 Å². The van der Waals surface area contributed by atoms with E-state index in [2.05, 4.69) is 118 Å². The maximum atomic E-state index is 11.9. The average molecular weight is 530 g/mol. The van der Waals surface area contributed by atoms with Gasteiger partial charge in [-0.1, -0.05) is 125 Å². The van der Waals surface area contributed by atoms with E-state index in [9.17, 15) is 5.11 Å². The molecule has 0 fully saturated rings. The maximum absolute atomic E-state index is 11.9. The summed E-state index contributed by atoms with van der Waals surface area (Å²) in [7, 11) is 0. The van der Waals surface area contributed by atoms with Gasteiger partial charge in [0.1, 0.15) is 5.75 Å². The minimum absolute atomic E-state index is 0.0348. The number of oxime groups is 1. The lowest BCUT2D eigenvalue weighted by Gasteiger charge is -2.25. The first-order valence-corrected chi connectivity index (χ1v) is 14.7. The summed E-state index contributed by atoms with van der Waals surface area (Å²) in [5.74, 6) is 0.270. The number of nitrogens with zero attached hydrogens (tertiary/aromatic N) is 1. The predicted octanol–water partition coefficient (Wildman–Crippen LogP) is 9.45. The molecule has 40 heavy (non-hydrogen) atoms. The van der Waals surface area contributed by atoms with Crippen LogP contribution in [0.4, 0.5) is 0 Å². The van der Waals surface area contributed by atoms with Crippen molar-refractivity contribution in [3.63, 3.8) is 0 Å². The summed E-state index contributed by atoms with van der Waals surface area (Å²) in [5, 5.41) is 16.5. The molecule has 1 unspecified atom stereocenters. The highest BCUT2D eigenvalue weighted by atomic mass is 16.6. The second-order valence-corrected chi connectivity index (χ2v) is 12.4. The first-order valence-electron chi connectivity index (χ1n) is 14.7. The van der Waals surface area contributed by atoms with Crippen molar-refractivity contribution in [3.8, 4) is 16.9 Å². The van der Waals surface area contributed by atoms with Crippen LogP contribution >= 0.6 is 0 Å². The third kappa shape index (κ3) is 4.83. The van der Waals surface area contributed by atoms with E-state index in [1.807, 2.05) is 0 Å². The Bertz CT molecular complexity index is 1510. The van der Waals surface area contributed by atoms with Crippen molar-refractivity contribution >= 4 is 5.71 Å². The van der Waals surface area contributed by atoms with E-state index in [1.165, 1.54) is 52.6 Å². The van der Waals surface area contributed by atoms with E-state index in [1.54, 1.807) is 0 Å². The van der Waals surface area contributed by atoms with E-state index in [4.69, 9.17) is 4.84 Å². The van der Waals surface area contributed by atoms with E-state index < -0.39 is 0 Å². The zero-order valence-electron chi connectivity index (χ0n) is 24.1. The number of benzene rings is 4. The maximum Gasteiger partial charge on any atom is 0.158 e. The number of rotatable bonds is 7. The molecule has 4 aromatic rings. The topological polar surface area (TPSA) is 41.8 Å². The normalized spacial score (nSPS) is 16.4. The number of hydrogen-bond acceptors (Lipinski definition) is 3. The van der Waals surface area contributed by atoms with Crippen molar-refractivity contribution in [2.75, 3.05) is 0 Å². The lowest BCUT2D eigenvalue weighted by molar-refractivity contribution is 0.0857. The SMILES string of the molecule is CCCCCc1ccc(C2CC(c3cc(C(C)(C)C)cc(C4c5ccccc5-c5ccccc54)c3O)=NO2)cc1. The Labute approximate surface area is 238 Å². The average Bonchev–Trinajstić information content (AvgIpc) is 3.57. The molecule has 3 nitrogen and oxygen atoms in total. The van der Waals surface area contributed by atoms with E-state index in [0.29, 0.717) is 12.2 Å². The van der Waals surface area contributed by atoms with E-state index in [0.717, 1.165) is 28.8 Å². The summed E-state index contributed by atoms with van der Waals surface area (Å²) in [6.07, 6.45) is 5.33. The number of fused-ring (bicyclic) bond motifs is 3. The van der Waals surface area contributed by atoms with Crippen LogP contribution in [0.1, 0.15) is 104 Å². The second-order valence-electron chi connectivity index (χ2n) is 12.4. The number of phenolic OH excluding ortho intramolecular Hbond substituents is 1. The van der Waals surface area contributed by atoms with Gasteiger partial charge in [0.2, 0.25) is 0 Å². The van der Waals surface area contributed by atoms with Gasteiger partial charge in [-0.05, 0) is 63.3 Å². The Morgan fingerprint density at radius 2 is 1.45 bits per heavy atom. The Morgan fingerprint density at radius 3 is 2.08 bits per heavy atom. The molecule has 0 amide bonds. The molecule has 204 valence electrons. The van der Waals surface area contributed by atoms with Gasteiger partial charge in [0.05, 0.1) is 5.71 Å². The minimum atomic E-state index is -0.145. The Kier molecular flexibility index (Phi) is 7.00. The van der Waals surface area contributed by atoms with Crippen LogP contribution in [0.25, 0.3) is 11.1 Å². The number of hydrogen-bond donors (Lipinski definition) is 1. The standard InChI is InChI=1S/C37H39NO2/c1-5-6-7-12-24-17-19-25(20-18-24)34-23-33(38-40-34)31-21-26(37(2,3)4)22-32(36(31)39)35-29-15-10-8-13-27(29)28-14-9-11-16-30(28)35/h8-11,13-22,34-35,39H,5-7,12,23H2,1-4H3. The summed E-state index contributed by atoms with van der Waals surface area (Å²) >= 11 is 0. The molecule has 6 rings (SSSR count). The molecule has 0 spiro atoms. The van der Waals surface area contributed by atoms with Gasteiger partial charge in [-0.3, -0.25) is 0 Å². The molecule has 0 saturated heterocycles. The molecule has 0 bridgehead atoms. The summed E-state index contributed by atoms with van der Waals surface area (Å²) in [6.45, 7) is 8.91. The Hall–Kier alpha value is -3.85. The molecule has 0 saturated carbocycles. The van der Waals surface area contributed by atoms with Gasteiger partial charge >= 0.3 is 0 Å². The van der Waals surface area contributed by atoms with Gasteiger partial charge < -0.3 is 9.94 Å². The van der Waals surface area contributed by atoms with Gasteiger partial charge in [0.15, 0.2) is 6.10 Å². The molecule has 4 aromatic carbocycles. The van der Waals surface area contributed by atoms with Crippen LogP contribution in [0.2, 0.25) is 0 Å². The van der Waals surface area contributed by atoms with Crippen molar-refractivity contribution in [2.24, 2.45) is 5.16 Å². The van der Waals surface area contributed by atoms with Crippen LogP contribution < -0.4 is 0 Å². The molecule has 0 aromatic heterocycles. The second kappa shape index (κ2) is 10.6. The largest absolute Gasteiger partial charge is 0.507 e. The molecular weight excluding hydrogens is 490 g/mol. The number of aryl methyl sites for hydroxylation is 1. The third-order valence-electron chi connectivity index (χ3n) is 8.55. The van der Waals surface area contributed by atoms with Crippen molar-refractivity contribution in [2.45, 2.75) is 77.2 Å². The molecule has 1 aliphatic carbocycles. The molecule has 1 atom stereocenters. The zero-order chi connectivity index (χ0) is 27.9. The van der Waals surface area contributed by atoms with Crippen molar-refractivity contribution in [3.05, 3.63) is 124 Å². The third-order valence-corrected chi connectivity index (χ3v) is 8.55. The highest BCUT2D eigenvalue weighted by molar-refractivity contribution is 6.04. The molecular formula is C37H39NO2. The van der Waals surface area contributed by atoms with Crippen LogP contribution in [-0.4, -0.2) is 10.8 Å². The number of unbranched alkanes of at least 4 members (excludes halogenated alkanes) is 2. The fourth-order valence-corrected chi connectivity index (χ4v) is 6.21. The smallest absolute Gasteiger partial charge is 0.158 e. The van der Waals surface area contributed by atoms with Crippen molar-refractivity contribution < 1.29 is 9.94 Å². The molecule has 1 heterocycles. The van der Waals surface area contributed by atoms with E-state index >= 15 is 0 Å². The lowest BCUT2D eigenvalue weighted by Crippen LogP contribution is -2.15. The zero-order valence-corrected chi connectivity index (χ0v) is 24.1. The van der Waals surface area contributed by atoms with Crippen LogP contribution in [0.15, 0.2) is 90.1 Å². The fourth-order valence-electron chi connectivity index (χ4n) is 6.21. The highest BCUT2D eigenvalue weighted by Crippen LogP contribution is 2.51. The van der Waals surface area contributed by atoms with Crippen LogP contribution in [-0.2, 0) is 16.7 Å². The monoisotopic (exact) mass is 529 g/mol. The Balaban J connectivity index is 1.36. The molecule has 1 aliphatic heterocycles. The summed E-state index contributed by atoms with van der Waals surface area (Å²) in [6, 6.07) is 30.3. The molecule has 3 heteroatoms. The molecule has 0 radical (unpaired) electrons. The highest BCUT2D eigenvalue weighted by Gasteiger charge is 2.35. The summed E-state index contributed by atoms with van der Waals surface area (Å²) < 4.78 is 0. The minimum Gasteiger partial charge on any atom is -0.507 e. The van der Waals surface area contributed by atoms with Crippen LogP contribution in [0.5, 0.6) is 5.75 Å². The number of phenols is 1. The van der Waals surface area contributed by atoms with Gasteiger partial charge in [0.25, 0.3) is 0 Å². The lowest BCUT2D eigenvalue weighted by atomic mass is 9.79. The molecule has 1 N–H and O–H groups in total. The summed E-state index contributed by atoms with van der Waals surface area (Å²) in [4.78, 5) is 5.98. The number of aromatic hydroxyl groups is 1. The first-order chi connectivity index (χ1) is 19.3. The first kappa shape index (κ1) is 26.4.